The van der Waals surface area contributed by atoms with Gasteiger partial charge in [0.2, 0.25) is 0 Å². The summed E-state index contributed by atoms with van der Waals surface area (Å²) in [5, 5.41) is 10.3. The van der Waals surface area contributed by atoms with Crippen LogP contribution in [-0.4, -0.2) is 28.2 Å². The van der Waals surface area contributed by atoms with Gasteiger partial charge in [-0.05, 0) is 25.5 Å². The van der Waals surface area contributed by atoms with Crippen molar-refractivity contribution in [1.29, 1.82) is 0 Å². The van der Waals surface area contributed by atoms with Crippen molar-refractivity contribution in [2.75, 3.05) is 6.61 Å². The second-order valence-electron chi connectivity index (χ2n) is 5.17. The Balaban J connectivity index is 2.57. The highest BCUT2D eigenvalue weighted by Crippen LogP contribution is 2.28. The minimum absolute atomic E-state index is 0.121. The van der Waals surface area contributed by atoms with Crippen LogP contribution in [0.1, 0.15) is 49.6 Å². The van der Waals surface area contributed by atoms with E-state index in [-0.39, 0.29) is 18.3 Å². The molecule has 1 unspecified atom stereocenters. The number of carbonyl (C=O) groups excluding carboxylic acids is 1. The first-order valence-electron chi connectivity index (χ1n) is 7.60. The van der Waals surface area contributed by atoms with Gasteiger partial charge in [0, 0.05) is 10.9 Å². The van der Waals surface area contributed by atoms with E-state index in [0.29, 0.717) is 6.42 Å². The van der Waals surface area contributed by atoms with Gasteiger partial charge in [0.1, 0.15) is 11.7 Å². The molecule has 118 valence electrons. The van der Waals surface area contributed by atoms with Gasteiger partial charge >= 0.3 is 11.9 Å². The number of rotatable bonds is 7. The molecule has 22 heavy (non-hydrogen) atoms. The van der Waals surface area contributed by atoms with Gasteiger partial charge in [-0.2, -0.15) is 0 Å². The summed E-state index contributed by atoms with van der Waals surface area (Å²) in [6.45, 7) is 4.07. The highest BCUT2D eigenvalue weighted by Gasteiger charge is 2.27. The zero-order valence-corrected chi connectivity index (χ0v) is 12.9. The standard InChI is InChI=1S/C17H21NO4/c1-3-5-9-14(17(21)22-4-2)18-13-10-7-6-8-12(13)11-15(18)16(19)20/h6-8,10-11,14H,3-5,9H2,1-2H3,(H,19,20). The van der Waals surface area contributed by atoms with Crippen LogP contribution in [0.3, 0.4) is 0 Å². The molecule has 0 radical (unpaired) electrons. The van der Waals surface area contributed by atoms with E-state index in [9.17, 15) is 14.7 Å². The summed E-state index contributed by atoms with van der Waals surface area (Å²) < 4.78 is 6.76. The Kier molecular flexibility index (Phi) is 5.20. The Labute approximate surface area is 129 Å². The quantitative estimate of drug-likeness (QED) is 0.793. The molecule has 2 aromatic rings. The maximum atomic E-state index is 12.3. The second kappa shape index (κ2) is 7.11. The number of aromatic nitrogens is 1. The molecule has 0 aliphatic carbocycles. The third kappa shape index (κ3) is 3.13. The summed E-state index contributed by atoms with van der Waals surface area (Å²) in [5.41, 5.74) is 0.865. The molecule has 5 heteroatoms. The number of unbranched alkanes of at least 4 members (excludes halogenated alkanes) is 1. The minimum atomic E-state index is -1.04. The molecule has 0 saturated carbocycles. The number of para-hydroxylation sites is 1. The minimum Gasteiger partial charge on any atom is -0.477 e. The molecule has 0 saturated heterocycles. The van der Waals surface area contributed by atoms with Gasteiger partial charge in [-0.15, -0.1) is 0 Å². The van der Waals surface area contributed by atoms with E-state index in [4.69, 9.17) is 4.74 Å². The molecule has 1 aromatic heterocycles. The van der Waals surface area contributed by atoms with Crippen LogP contribution in [0.15, 0.2) is 30.3 Å². The topological polar surface area (TPSA) is 68.5 Å². The zero-order chi connectivity index (χ0) is 16.1. The van der Waals surface area contributed by atoms with Crippen molar-refractivity contribution in [3.8, 4) is 0 Å². The van der Waals surface area contributed by atoms with Gasteiger partial charge in [0.15, 0.2) is 0 Å². The Morgan fingerprint density at radius 2 is 2.00 bits per heavy atom. The summed E-state index contributed by atoms with van der Waals surface area (Å²) in [4.78, 5) is 23.9. The van der Waals surface area contributed by atoms with Crippen LogP contribution < -0.4 is 0 Å². The van der Waals surface area contributed by atoms with Crippen molar-refractivity contribution < 1.29 is 19.4 Å². The largest absolute Gasteiger partial charge is 0.477 e. The van der Waals surface area contributed by atoms with Crippen LogP contribution in [0.2, 0.25) is 0 Å². The maximum Gasteiger partial charge on any atom is 0.352 e. The number of carboxylic acid groups (broad SMARTS) is 1. The number of hydrogen-bond acceptors (Lipinski definition) is 3. The van der Waals surface area contributed by atoms with Gasteiger partial charge in [-0.1, -0.05) is 38.0 Å². The fourth-order valence-electron chi connectivity index (χ4n) is 2.66. The molecule has 1 heterocycles. The molecule has 0 bridgehead atoms. The molecule has 0 amide bonds. The zero-order valence-electron chi connectivity index (χ0n) is 12.9. The predicted octanol–water partition coefficient (Wildman–Crippen LogP) is 3.63. The first-order chi connectivity index (χ1) is 10.6. The Morgan fingerprint density at radius 1 is 1.27 bits per heavy atom. The number of esters is 1. The van der Waals surface area contributed by atoms with E-state index in [1.165, 1.54) is 0 Å². The van der Waals surface area contributed by atoms with Gasteiger partial charge in [0.05, 0.1) is 6.61 Å². The van der Waals surface area contributed by atoms with Crippen LogP contribution in [0.4, 0.5) is 0 Å². The van der Waals surface area contributed by atoms with Crippen molar-refractivity contribution in [2.45, 2.75) is 39.2 Å². The van der Waals surface area contributed by atoms with E-state index in [1.54, 1.807) is 17.6 Å². The predicted molar refractivity (Wildman–Crippen MR) is 84.1 cm³/mol. The lowest BCUT2D eigenvalue weighted by Gasteiger charge is -2.20. The van der Waals surface area contributed by atoms with E-state index >= 15 is 0 Å². The lowest BCUT2D eigenvalue weighted by Crippen LogP contribution is -2.25. The van der Waals surface area contributed by atoms with Crippen LogP contribution in [0.5, 0.6) is 0 Å². The number of benzene rings is 1. The molecule has 1 N–H and O–H groups in total. The summed E-state index contributed by atoms with van der Waals surface area (Å²) in [6.07, 6.45) is 2.32. The maximum absolute atomic E-state index is 12.3. The Hall–Kier alpha value is -2.30. The molecule has 0 fully saturated rings. The molecule has 0 spiro atoms. The average Bonchev–Trinajstić information content (AvgIpc) is 2.88. The summed E-state index contributed by atoms with van der Waals surface area (Å²) in [6, 6.07) is 8.37. The van der Waals surface area contributed by atoms with Crippen LogP contribution in [0, 0.1) is 0 Å². The summed E-state index contributed by atoms with van der Waals surface area (Å²) in [7, 11) is 0. The van der Waals surface area contributed by atoms with Crippen LogP contribution >= 0.6 is 0 Å². The van der Waals surface area contributed by atoms with Crippen LogP contribution in [-0.2, 0) is 9.53 Å². The molecule has 1 aromatic carbocycles. The van der Waals surface area contributed by atoms with Gasteiger partial charge < -0.3 is 14.4 Å². The number of hydrogen-bond donors (Lipinski definition) is 1. The van der Waals surface area contributed by atoms with E-state index in [2.05, 4.69) is 0 Å². The molecular weight excluding hydrogens is 282 g/mol. The third-order valence-corrected chi connectivity index (χ3v) is 3.67. The molecule has 2 rings (SSSR count). The highest BCUT2D eigenvalue weighted by molar-refractivity contribution is 5.96. The number of aromatic carboxylic acids is 1. The average molecular weight is 303 g/mol. The fourth-order valence-corrected chi connectivity index (χ4v) is 2.66. The SMILES string of the molecule is CCCCC(C(=O)OCC)n1c(C(=O)O)cc2ccccc21. The third-order valence-electron chi connectivity index (χ3n) is 3.67. The number of nitrogens with zero attached hydrogens (tertiary/aromatic N) is 1. The first-order valence-corrected chi connectivity index (χ1v) is 7.60. The lowest BCUT2D eigenvalue weighted by molar-refractivity contribution is -0.147. The van der Waals surface area contributed by atoms with Crippen molar-refractivity contribution >= 4 is 22.8 Å². The Bertz CT molecular complexity index is 674. The molecule has 0 aliphatic heterocycles. The summed E-state index contributed by atoms with van der Waals surface area (Å²) >= 11 is 0. The molecule has 5 nitrogen and oxygen atoms in total. The highest BCUT2D eigenvalue weighted by atomic mass is 16.5. The smallest absolute Gasteiger partial charge is 0.352 e. The molecular formula is C17H21NO4. The van der Waals surface area contributed by atoms with E-state index < -0.39 is 12.0 Å². The first kappa shape index (κ1) is 16.1. The van der Waals surface area contributed by atoms with Gasteiger partial charge in [-0.3, -0.25) is 0 Å². The number of carbonyl (C=O) groups is 2. The normalized spacial score (nSPS) is 12.3. The van der Waals surface area contributed by atoms with Gasteiger partial charge in [0.25, 0.3) is 0 Å². The monoisotopic (exact) mass is 303 g/mol. The van der Waals surface area contributed by atoms with E-state index in [0.717, 1.165) is 23.7 Å². The lowest BCUT2D eigenvalue weighted by atomic mass is 10.1. The molecule has 1 atom stereocenters. The van der Waals surface area contributed by atoms with E-state index in [1.807, 2.05) is 31.2 Å². The number of fused-ring (bicyclic) bond motifs is 1. The number of carboxylic acids is 1. The van der Waals surface area contributed by atoms with Crippen molar-refractivity contribution in [2.24, 2.45) is 0 Å². The summed E-state index contributed by atoms with van der Waals surface area (Å²) in [5.74, 6) is -1.41. The Morgan fingerprint density at radius 3 is 2.64 bits per heavy atom. The molecule has 0 aliphatic rings. The fraction of sp³-hybridized carbons (Fsp3) is 0.412. The van der Waals surface area contributed by atoms with Crippen molar-refractivity contribution in [3.63, 3.8) is 0 Å². The van der Waals surface area contributed by atoms with Crippen molar-refractivity contribution in [3.05, 3.63) is 36.0 Å². The number of ether oxygens (including phenoxy) is 1. The van der Waals surface area contributed by atoms with Crippen LogP contribution in [0.25, 0.3) is 10.9 Å². The second-order valence-corrected chi connectivity index (χ2v) is 5.17. The van der Waals surface area contributed by atoms with Gasteiger partial charge in [-0.25, -0.2) is 9.59 Å². The van der Waals surface area contributed by atoms with Crippen molar-refractivity contribution in [1.82, 2.24) is 4.57 Å².